The Labute approximate surface area is 122 Å². The molecule has 1 heterocycles. The number of imidazole rings is 1. The zero-order valence-electron chi connectivity index (χ0n) is 11.6. The predicted molar refractivity (Wildman–Crippen MR) is 77.1 cm³/mol. The minimum Gasteiger partial charge on any atom is -0.478 e. The van der Waals surface area contributed by atoms with Crippen molar-refractivity contribution in [3.8, 4) is 0 Å². The van der Waals surface area contributed by atoms with Crippen LogP contribution in [0, 0.1) is 0 Å². The van der Waals surface area contributed by atoms with Crippen LogP contribution in [0.25, 0.3) is 11.0 Å². The number of benzene rings is 1. The fraction of sp³-hybridized carbons (Fsp3) is 0.333. The molecule has 114 valence electrons. The van der Waals surface area contributed by atoms with Crippen LogP contribution in [0.4, 0.5) is 0 Å². The molecule has 0 fully saturated rings. The fourth-order valence-electron chi connectivity index (χ4n) is 1.72. The summed E-state index contributed by atoms with van der Waals surface area (Å²) in [5, 5.41) is 8.92. The summed E-state index contributed by atoms with van der Waals surface area (Å²) in [7, 11) is -2.07. The lowest BCUT2D eigenvalue weighted by Crippen LogP contribution is -2.37. The number of aromatic carboxylic acids is 1. The van der Waals surface area contributed by atoms with Gasteiger partial charge in [-0.3, -0.25) is 0 Å². The summed E-state index contributed by atoms with van der Waals surface area (Å²) in [6.07, 6.45) is 0. The topological polar surface area (TPSA) is 115 Å². The highest BCUT2D eigenvalue weighted by atomic mass is 32.2. The van der Waals surface area contributed by atoms with E-state index in [4.69, 9.17) is 5.11 Å². The molecule has 9 heteroatoms. The highest BCUT2D eigenvalue weighted by molar-refractivity contribution is 7.87. The van der Waals surface area contributed by atoms with Crippen molar-refractivity contribution in [2.24, 2.45) is 0 Å². The van der Waals surface area contributed by atoms with Crippen LogP contribution in [0.2, 0.25) is 0 Å². The highest BCUT2D eigenvalue weighted by Crippen LogP contribution is 2.14. The first kappa shape index (κ1) is 15.4. The Morgan fingerprint density at radius 1 is 1.48 bits per heavy atom. The van der Waals surface area contributed by atoms with E-state index >= 15 is 0 Å². The molecule has 2 rings (SSSR count). The van der Waals surface area contributed by atoms with Crippen molar-refractivity contribution in [3.63, 3.8) is 0 Å². The maximum Gasteiger partial charge on any atom is 0.335 e. The maximum atomic E-state index is 11.8. The summed E-state index contributed by atoms with van der Waals surface area (Å²) >= 11 is 0. The van der Waals surface area contributed by atoms with E-state index in [-0.39, 0.29) is 12.1 Å². The lowest BCUT2D eigenvalue weighted by atomic mass is 10.2. The van der Waals surface area contributed by atoms with Gasteiger partial charge < -0.3 is 10.1 Å². The van der Waals surface area contributed by atoms with Crippen molar-refractivity contribution < 1.29 is 18.3 Å². The van der Waals surface area contributed by atoms with Crippen molar-refractivity contribution in [3.05, 3.63) is 29.6 Å². The monoisotopic (exact) mass is 312 g/mol. The molecule has 21 heavy (non-hydrogen) atoms. The van der Waals surface area contributed by atoms with E-state index in [9.17, 15) is 13.2 Å². The molecule has 8 nitrogen and oxygen atoms in total. The second-order valence-corrected chi connectivity index (χ2v) is 6.32. The molecule has 0 radical (unpaired) electrons. The number of hydrogen-bond donors (Lipinski definition) is 3. The molecule has 3 N–H and O–H groups in total. The standard InChI is InChI=1S/C12H16N4O4S/c1-3-16(2)21(19,20)13-7-11-14-9-5-4-8(12(17)18)6-10(9)15-11/h4-6,13H,3,7H2,1-2H3,(H,14,15)(H,17,18). The number of hydrogen-bond acceptors (Lipinski definition) is 4. The molecule has 0 aliphatic carbocycles. The molecule has 0 unspecified atom stereocenters. The van der Waals surface area contributed by atoms with Gasteiger partial charge in [-0.1, -0.05) is 6.92 Å². The summed E-state index contributed by atoms with van der Waals surface area (Å²) in [4.78, 5) is 18.0. The molecule has 0 saturated carbocycles. The summed E-state index contributed by atoms with van der Waals surface area (Å²) in [5.41, 5.74) is 1.27. The largest absolute Gasteiger partial charge is 0.478 e. The summed E-state index contributed by atoms with van der Waals surface area (Å²) < 4.78 is 27.2. The van der Waals surface area contributed by atoms with Gasteiger partial charge in [0.1, 0.15) is 5.82 Å². The quantitative estimate of drug-likeness (QED) is 0.720. The maximum absolute atomic E-state index is 11.8. The number of aromatic nitrogens is 2. The number of H-pyrrole nitrogens is 1. The lowest BCUT2D eigenvalue weighted by molar-refractivity contribution is 0.0697. The number of nitrogens with one attached hydrogen (secondary N) is 2. The highest BCUT2D eigenvalue weighted by Gasteiger charge is 2.16. The molecular weight excluding hydrogens is 296 g/mol. The Hall–Kier alpha value is -1.97. The van der Waals surface area contributed by atoms with Crippen molar-refractivity contribution in [2.75, 3.05) is 13.6 Å². The number of carboxylic acids is 1. The third-order valence-corrected chi connectivity index (χ3v) is 4.64. The van der Waals surface area contributed by atoms with Crippen molar-refractivity contribution in [1.82, 2.24) is 19.0 Å². The first-order valence-electron chi connectivity index (χ1n) is 6.26. The zero-order chi connectivity index (χ0) is 15.6. The van der Waals surface area contributed by atoms with Gasteiger partial charge in [0.05, 0.1) is 23.1 Å². The van der Waals surface area contributed by atoms with E-state index in [0.717, 1.165) is 0 Å². The predicted octanol–water partition coefficient (Wildman–Crippen LogP) is 0.547. The van der Waals surface area contributed by atoms with Gasteiger partial charge in [-0.15, -0.1) is 0 Å². The smallest absolute Gasteiger partial charge is 0.335 e. The number of fused-ring (bicyclic) bond motifs is 1. The molecule has 0 aliphatic heterocycles. The average molecular weight is 312 g/mol. The van der Waals surface area contributed by atoms with Gasteiger partial charge in [0.15, 0.2) is 0 Å². The second kappa shape index (κ2) is 5.80. The van der Waals surface area contributed by atoms with Crippen LogP contribution in [-0.4, -0.2) is 47.4 Å². The third kappa shape index (κ3) is 3.38. The Kier molecular flexibility index (Phi) is 4.26. The first-order chi connectivity index (χ1) is 9.83. The Morgan fingerprint density at radius 2 is 2.19 bits per heavy atom. The van der Waals surface area contributed by atoms with E-state index in [0.29, 0.717) is 23.4 Å². The molecular formula is C12H16N4O4S. The Bertz CT molecular complexity index is 769. The number of rotatable bonds is 6. The number of carboxylic acid groups (broad SMARTS) is 1. The summed E-state index contributed by atoms with van der Waals surface area (Å²) in [5.74, 6) is -0.612. The van der Waals surface area contributed by atoms with Gasteiger partial charge >= 0.3 is 5.97 Å². The molecule has 2 aromatic rings. The van der Waals surface area contributed by atoms with Crippen LogP contribution < -0.4 is 4.72 Å². The van der Waals surface area contributed by atoms with Gasteiger partial charge in [-0.2, -0.15) is 17.4 Å². The second-order valence-electron chi connectivity index (χ2n) is 4.46. The van der Waals surface area contributed by atoms with Crippen molar-refractivity contribution in [2.45, 2.75) is 13.5 Å². The van der Waals surface area contributed by atoms with E-state index in [1.165, 1.54) is 23.5 Å². The molecule has 1 aromatic carbocycles. The lowest BCUT2D eigenvalue weighted by Gasteiger charge is -2.14. The molecule has 0 bridgehead atoms. The van der Waals surface area contributed by atoms with Crippen molar-refractivity contribution in [1.29, 1.82) is 0 Å². The molecule has 0 aliphatic rings. The molecule has 0 spiro atoms. The van der Waals surface area contributed by atoms with Crippen LogP contribution in [0.1, 0.15) is 23.1 Å². The summed E-state index contributed by atoms with van der Waals surface area (Å²) in [6.45, 7) is 2.09. The van der Waals surface area contributed by atoms with E-state index in [1.54, 1.807) is 13.0 Å². The van der Waals surface area contributed by atoms with E-state index in [2.05, 4.69) is 14.7 Å². The first-order valence-corrected chi connectivity index (χ1v) is 7.70. The van der Waals surface area contributed by atoms with Gasteiger partial charge in [-0.05, 0) is 18.2 Å². The Balaban J connectivity index is 2.19. The molecule has 0 atom stereocenters. The van der Waals surface area contributed by atoms with Gasteiger partial charge in [-0.25, -0.2) is 9.78 Å². The van der Waals surface area contributed by atoms with Gasteiger partial charge in [0.25, 0.3) is 10.2 Å². The van der Waals surface area contributed by atoms with Crippen LogP contribution >= 0.6 is 0 Å². The average Bonchev–Trinajstić information content (AvgIpc) is 2.86. The zero-order valence-corrected chi connectivity index (χ0v) is 12.4. The number of carbonyl (C=O) groups is 1. The van der Waals surface area contributed by atoms with Crippen LogP contribution in [0.3, 0.4) is 0 Å². The van der Waals surface area contributed by atoms with E-state index < -0.39 is 16.2 Å². The number of aromatic amines is 1. The fourth-order valence-corrected chi connectivity index (χ4v) is 2.60. The third-order valence-electron chi connectivity index (χ3n) is 3.06. The molecule has 1 aromatic heterocycles. The van der Waals surface area contributed by atoms with Crippen LogP contribution in [0.15, 0.2) is 18.2 Å². The SMILES string of the molecule is CCN(C)S(=O)(=O)NCc1nc2ccc(C(=O)O)cc2[nH]1. The van der Waals surface area contributed by atoms with Gasteiger partial charge in [0, 0.05) is 13.6 Å². The van der Waals surface area contributed by atoms with E-state index in [1.807, 2.05) is 0 Å². The van der Waals surface area contributed by atoms with Crippen LogP contribution in [-0.2, 0) is 16.8 Å². The van der Waals surface area contributed by atoms with Gasteiger partial charge in [0.2, 0.25) is 0 Å². The normalized spacial score (nSPS) is 12.1. The minimum atomic E-state index is -3.54. The molecule has 0 saturated heterocycles. The van der Waals surface area contributed by atoms with Crippen LogP contribution in [0.5, 0.6) is 0 Å². The van der Waals surface area contributed by atoms with Crippen molar-refractivity contribution >= 4 is 27.2 Å². The summed E-state index contributed by atoms with van der Waals surface area (Å²) in [6, 6.07) is 4.48. The Morgan fingerprint density at radius 3 is 2.81 bits per heavy atom. The molecule has 0 amide bonds. The minimum absolute atomic E-state index is 0.00373. The number of nitrogens with zero attached hydrogens (tertiary/aromatic N) is 2.